The van der Waals surface area contributed by atoms with Crippen molar-refractivity contribution < 1.29 is 19.1 Å². The number of rotatable bonds is 7. The van der Waals surface area contributed by atoms with Crippen molar-refractivity contribution in [3.63, 3.8) is 0 Å². The summed E-state index contributed by atoms with van der Waals surface area (Å²) in [5.41, 5.74) is 2.74. The highest BCUT2D eigenvalue weighted by Crippen LogP contribution is 2.32. The molecule has 1 aliphatic rings. The molecule has 0 radical (unpaired) electrons. The van der Waals surface area contributed by atoms with Crippen LogP contribution in [-0.2, 0) is 17.8 Å². The van der Waals surface area contributed by atoms with Gasteiger partial charge in [0, 0.05) is 25.1 Å². The molecule has 2 N–H and O–H groups in total. The van der Waals surface area contributed by atoms with E-state index in [1.54, 1.807) is 0 Å². The number of aryl methyl sites for hydroxylation is 2. The van der Waals surface area contributed by atoms with Crippen molar-refractivity contribution in [2.45, 2.75) is 26.3 Å². The van der Waals surface area contributed by atoms with Gasteiger partial charge in [0.15, 0.2) is 11.5 Å². The van der Waals surface area contributed by atoms with Crippen LogP contribution in [0, 0.1) is 6.92 Å². The third-order valence-electron chi connectivity index (χ3n) is 4.46. The number of ether oxygens (including phenoxy) is 2. The Labute approximate surface area is 177 Å². The number of fused-ring (bicyclic) bond motifs is 1. The third-order valence-corrected chi connectivity index (χ3v) is 5.44. The zero-order chi connectivity index (χ0) is 20.9. The van der Waals surface area contributed by atoms with Gasteiger partial charge in [-0.15, -0.1) is 10.2 Å². The van der Waals surface area contributed by atoms with Gasteiger partial charge < -0.3 is 20.1 Å². The van der Waals surface area contributed by atoms with Crippen LogP contribution in [-0.4, -0.2) is 28.8 Å². The van der Waals surface area contributed by atoms with Crippen molar-refractivity contribution in [2.75, 3.05) is 12.1 Å². The molecule has 154 valence electrons. The summed E-state index contributed by atoms with van der Waals surface area (Å²) in [5.74, 6) is 0.985. The Balaban J connectivity index is 1.24. The largest absolute Gasteiger partial charge is 0.454 e. The van der Waals surface area contributed by atoms with Crippen LogP contribution in [0.3, 0.4) is 0 Å². The number of carbonyl (C=O) groups excluding carboxylic acids is 2. The Morgan fingerprint density at radius 2 is 1.87 bits per heavy atom. The summed E-state index contributed by atoms with van der Waals surface area (Å²) < 4.78 is 10.6. The van der Waals surface area contributed by atoms with Crippen LogP contribution in [0.4, 0.5) is 5.69 Å². The molecule has 0 fully saturated rings. The minimum absolute atomic E-state index is 0.103. The lowest BCUT2D eigenvalue weighted by atomic mass is 10.2. The van der Waals surface area contributed by atoms with Gasteiger partial charge in [0.25, 0.3) is 5.91 Å². The van der Waals surface area contributed by atoms with E-state index in [1.807, 2.05) is 49.4 Å². The standard InChI is InChI=1S/C21H20N4O4S/c1-13-2-5-15(6-3-13)23-20(27)21-25-24-19(30-21)9-8-18(26)22-11-14-4-7-16-17(10-14)29-12-28-16/h2-7,10H,8-9,11-12H2,1H3,(H,22,26)(H,23,27). The van der Waals surface area contributed by atoms with E-state index < -0.39 is 0 Å². The predicted molar refractivity (Wildman–Crippen MR) is 112 cm³/mol. The minimum Gasteiger partial charge on any atom is -0.454 e. The monoisotopic (exact) mass is 424 g/mol. The lowest BCUT2D eigenvalue weighted by Crippen LogP contribution is -2.22. The van der Waals surface area contributed by atoms with E-state index in [1.165, 1.54) is 11.3 Å². The molecule has 0 bridgehead atoms. The van der Waals surface area contributed by atoms with E-state index in [-0.39, 0.29) is 30.0 Å². The second-order valence-electron chi connectivity index (χ2n) is 6.79. The molecule has 30 heavy (non-hydrogen) atoms. The molecule has 1 aliphatic heterocycles. The van der Waals surface area contributed by atoms with Gasteiger partial charge in [-0.25, -0.2) is 0 Å². The lowest BCUT2D eigenvalue weighted by molar-refractivity contribution is -0.121. The van der Waals surface area contributed by atoms with Gasteiger partial charge in [0.1, 0.15) is 5.01 Å². The van der Waals surface area contributed by atoms with Crippen molar-refractivity contribution in [2.24, 2.45) is 0 Å². The molecule has 0 saturated heterocycles. The van der Waals surface area contributed by atoms with Crippen molar-refractivity contribution in [3.8, 4) is 11.5 Å². The highest BCUT2D eigenvalue weighted by Gasteiger charge is 2.15. The molecule has 8 nitrogen and oxygen atoms in total. The van der Waals surface area contributed by atoms with Crippen molar-refractivity contribution in [1.82, 2.24) is 15.5 Å². The number of amides is 2. The van der Waals surface area contributed by atoms with Crippen LogP contribution in [0.2, 0.25) is 0 Å². The third kappa shape index (κ3) is 4.93. The average molecular weight is 424 g/mol. The maximum absolute atomic E-state index is 12.3. The van der Waals surface area contributed by atoms with E-state index in [4.69, 9.17) is 9.47 Å². The first kappa shape index (κ1) is 19.8. The Hall–Kier alpha value is -3.46. The van der Waals surface area contributed by atoms with Gasteiger partial charge in [-0.2, -0.15) is 0 Å². The smallest absolute Gasteiger partial charge is 0.286 e. The van der Waals surface area contributed by atoms with Crippen LogP contribution < -0.4 is 20.1 Å². The Kier molecular flexibility index (Phi) is 5.89. The molecule has 0 atom stereocenters. The van der Waals surface area contributed by atoms with Gasteiger partial charge >= 0.3 is 0 Å². The Morgan fingerprint density at radius 1 is 1.07 bits per heavy atom. The lowest BCUT2D eigenvalue weighted by Gasteiger charge is -2.05. The number of hydrogen-bond donors (Lipinski definition) is 2. The van der Waals surface area contributed by atoms with E-state index >= 15 is 0 Å². The van der Waals surface area contributed by atoms with E-state index in [9.17, 15) is 9.59 Å². The highest BCUT2D eigenvalue weighted by molar-refractivity contribution is 7.13. The molecule has 3 aromatic rings. The normalized spacial score (nSPS) is 11.9. The molecule has 2 heterocycles. The number of benzene rings is 2. The Morgan fingerprint density at radius 3 is 2.70 bits per heavy atom. The van der Waals surface area contributed by atoms with E-state index in [0.29, 0.717) is 35.2 Å². The summed E-state index contributed by atoms with van der Waals surface area (Å²) in [6.45, 7) is 2.60. The van der Waals surface area contributed by atoms with E-state index in [2.05, 4.69) is 20.8 Å². The van der Waals surface area contributed by atoms with Crippen molar-refractivity contribution in [3.05, 3.63) is 63.6 Å². The first-order valence-electron chi connectivity index (χ1n) is 9.42. The molecular formula is C21H20N4O4S. The number of aromatic nitrogens is 2. The molecule has 2 aromatic carbocycles. The summed E-state index contributed by atoms with van der Waals surface area (Å²) >= 11 is 1.19. The maximum atomic E-state index is 12.3. The molecule has 4 rings (SSSR count). The molecule has 1 aromatic heterocycles. The van der Waals surface area contributed by atoms with Gasteiger partial charge in [0.2, 0.25) is 17.7 Å². The average Bonchev–Trinajstić information content (AvgIpc) is 3.41. The van der Waals surface area contributed by atoms with Crippen LogP contribution in [0.25, 0.3) is 0 Å². The van der Waals surface area contributed by atoms with Crippen molar-refractivity contribution in [1.29, 1.82) is 0 Å². The minimum atomic E-state index is -0.310. The number of hydrogen-bond acceptors (Lipinski definition) is 7. The molecule has 9 heteroatoms. The van der Waals surface area contributed by atoms with Gasteiger partial charge in [0.05, 0.1) is 0 Å². The van der Waals surface area contributed by atoms with Gasteiger partial charge in [-0.05, 0) is 36.8 Å². The molecule has 0 spiro atoms. The Bertz CT molecular complexity index is 1070. The summed E-state index contributed by atoms with van der Waals surface area (Å²) in [7, 11) is 0. The summed E-state index contributed by atoms with van der Waals surface area (Å²) in [6, 6.07) is 13.1. The molecule has 0 unspecified atom stereocenters. The van der Waals surface area contributed by atoms with Crippen LogP contribution in [0.5, 0.6) is 11.5 Å². The highest BCUT2D eigenvalue weighted by atomic mass is 32.1. The predicted octanol–water partition coefficient (Wildman–Crippen LogP) is 3.08. The first-order valence-corrected chi connectivity index (χ1v) is 10.2. The second-order valence-corrected chi connectivity index (χ2v) is 7.85. The van der Waals surface area contributed by atoms with Gasteiger partial charge in [-0.3, -0.25) is 9.59 Å². The van der Waals surface area contributed by atoms with Crippen LogP contribution in [0.15, 0.2) is 42.5 Å². The second kappa shape index (κ2) is 8.91. The van der Waals surface area contributed by atoms with Crippen molar-refractivity contribution >= 4 is 28.8 Å². The topological polar surface area (TPSA) is 102 Å². The molecule has 0 aliphatic carbocycles. The van der Waals surface area contributed by atoms with Gasteiger partial charge in [-0.1, -0.05) is 35.1 Å². The molecular weight excluding hydrogens is 404 g/mol. The first-order chi connectivity index (χ1) is 14.6. The zero-order valence-corrected chi connectivity index (χ0v) is 17.1. The quantitative estimate of drug-likeness (QED) is 0.604. The summed E-state index contributed by atoms with van der Waals surface area (Å²) in [4.78, 5) is 24.4. The van der Waals surface area contributed by atoms with E-state index in [0.717, 1.165) is 11.1 Å². The fourth-order valence-corrected chi connectivity index (χ4v) is 3.56. The number of anilines is 1. The zero-order valence-electron chi connectivity index (χ0n) is 16.3. The maximum Gasteiger partial charge on any atom is 0.286 e. The molecule has 2 amide bonds. The van der Waals surface area contributed by atoms with Crippen LogP contribution >= 0.6 is 11.3 Å². The number of nitrogens with one attached hydrogen (secondary N) is 2. The fourth-order valence-electron chi connectivity index (χ4n) is 2.83. The number of nitrogens with zero attached hydrogens (tertiary/aromatic N) is 2. The number of carbonyl (C=O) groups is 2. The summed E-state index contributed by atoms with van der Waals surface area (Å²) in [6.07, 6.45) is 0.682. The molecule has 0 saturated carbocycles. The fraction of sp³-hybridized carbons (Fsp3) is 0.238. The summed E-state index contributed by atoms with van der Waals surface area (Å²) in [5, 5.41) is 14.5. The SMILES string of the molecule is Cc1ccc(NC(=O)c2nnc(CCC(=O)NCc3ccc4c(c3)OCO4)s2)cc1. The van der Waals surface area contributed by atoms with Crippen LogP contribution in [0.1, 0.15) is 32.4 Å².